The summed E-state index contributed by atoms with van der Waals surface area (Å²) in [5.74, 6) is -0.527. The van der Waals surface area contributed by atoms with Crippen molar-refractivity contribution < 1.29 is 19.4 Å². The first-order chi connectivity index (χ1) is 8.96. The van der Waals surface area contributed by atoms with Crippen LogP contribution in [0.2, 0.25) is 0 Å². The summed E-state index contributed by atoms with van der Waals surface area (Å²) in [5.41, 5.74) is -0.747. The van der Waals surface area contributed by atoms with Crippen LogP contribution in [-0.2, 0) is 0 Å². The summed E-state index contributed by atoms with van der Waals surface area (Å²) in [6.45, 7) is 1.55. The van der Waals surface area contributed by atoms with E-state index in [2.05, 4.69) is 5.32 Å². The maximum atomic E-state index is 13.5. The number of halogens is 1. The van der Waals surface area contributed by atoms with Crippen molar-refractivity contribution in [2.24, 2.45) is 0 Å². The first-order valence-corrected chi connectivity index (χ1v) is 6.08. The molecule has 1 saturated heterocycles. The molecule has 0 spiro atoms. The molecule has 3 N–H and O–H groups in total. The number of aliphatic hydroxyl groups excluding tert-OH is 2. The molecule has 104 valence electrons. The molecule has 1 aromatic rings. The Labute approximate surface area is 110 Å². The third kappa shape index (κ3) is 2.69. The van der Waals surface area contributed by atoms with Gasteiger partial charge in [-0.05, 0) is 19.1 Å². The van der Waals surface area contributed by atoms with Crippen LogP contribution in [0.3, 0.4) is 0 Å². The molecule has 0 aromatic heterocycles. The lowest BCUT2D eigenvalue weighted by Crippen LogP contribution is -2.49. The van der Waals surface area contributed by atoms with Gasteiger partial charge < -0.3 is 20.4 Å². The molecule has 2 amide bonds. The fourth-order valence-electron chi connectivity index (χ4n) is 2.34. The van der Waals surface area contributed by atoms with Crippen molar-refractivity contribution in [1.82, 2.24) is 4.90 Å². The largest absolute Gasteiger partial charge is 0.394 e. The number of para-hydroxylation sites is 1. The van der Waals surface area contributed by atoms with Crippen molar-refractivity contribution >= 4 is 11.7 Å². The van der Waals surface area contributed by atoms with Gasteiger partial charge in [0.25, 0.3) is 0 Å². The van der Waals surface area contributed by atoms with Crippen LogP contribution >= 0.6 is 0 Å². The fourth-order valence-corrected chi connectivity index (χ4v) is 2.34. The first kappa shape index (κ1) is 13.8. The van der Waals surface area contributed by atoms with Gasteiger partial charge in [0, 0.05) is 13.0 Å². The Balaban J connectivity index is 2.14. The second kappa shape index (κ2) is 5.14. The summed E-state index contributed by atoms with van der Waals surface area (Å²) >= 11 is 0. The van der Waals surface area contributed by atoms with Crippen molar-refractivity contribution in [3.8, 4) is 0 Å². The van der Waals surface area contributed by atoms with E-state index in [0.29, 0.717) is 6.42 Å². The third-order valence-corrected chi connectivity index (χ3v) is 3.42. The van der Waals surface area contributed by atoms with Gasteiger partial charge in [0.2, 0.25) is 0 Å². The number of likely N-dealkylation sites (tertiary alicyclic amines) is 1. The Kier molecular flexibility index (Phi) is 3.73. The zero-order chi connectivity index (χ0) is 14.0. The van der Waals surface area contributed by atoms with E-state index in [1.807, 2.05) is 0 Å². The molecule has 0 radical (unpaired) electrons. The van der Waals surface area contributed by atoms with Gasteiger partial charge in [0.05, 0.1) is 23.9 Å². The number of β-amino-alcohol motifs (C(OH)–C–C–N with tert-alkyl or cyclic N) is 1. The van der Waals surface area contributed by atoms with E-state index in [0.717, 1.165) is 0 Å². The van der Waals surface area contributed by atoms with Gasteiger partial charge in [-0.15, -0.1) is 0 Å². The SMILES string of the molecule is CC1(CO)CC(O)CN1C(=O)Nc1ccccc1F. The van der Waals surface area contributed by atoms with Crippen molar-refractivity contribution in [3.63, 3.8) is 0 Å². The van der Waals surface area contributed by atoms with Crippen LogP contribution < -0.4 is 5.32 Å². The number of anilines is 1. The molecular formula is C13H17FN2O3. The van der Waals surface area contributed by atoms with Gasteiger partial charge in [-0.3, -0.25) is 0 Å². The van der Waals surface area contributed by atoms with Gasteiger partial charge in [0.15, 0.2) is 0 Å². The third-order valence-electron chi connectivity index (χ3n) is 3.42. The van der Waals surface area contributed by atoms with Crippen LogP contribution in [0.4, 0.5) is 14.9 Å². The van der Waals surface area contributed by atoms with Crippen LogP contribution in [0, 0.1) is 5.82 Å². The zero-order valence-corrected chi connectivity index (χ0v) is 10.6. The van der Waals surface area contributed by atoms with E-state index >= 15 is 0 Å². The fraction of sp³-hybridized carbons (Fsp3) is 0.462. The monoisotopic (exact) mass is 268 g/mol. The number of benzene rings is 1. The van der Waals surface area contributed by atoms with Gasteiger partial charge >= 0.3 is 6.03 Å². The maximum absolute atomic E-state index is 13.5. The molecule has 1 heterocycles. The number of carbonyl (C=O) groups is 1. The number of rotatable bonds is 2. The Hall–Kier alpha value is -1.66. The minimum Gasteiger partial charge on any atom is -0.394 e. The summed E-state index contributed by atoms with van der Waals surface area (Å²) in [5, 5.41) is 21.5. The minimum atomic E-state index is -0.825. The molecule has 2 atom stereocenters. The predicted octanol–water partition coefficient (Wildman–Crippen LogP) is 1.18. The highest BCUT2D eigenvalue weighted by Gasteiger charge is 2.43. The van der Waals surface area contributed by atoms with Crippen LogP contribution in [0.15, 0.2) is 24.3 Å². The molecule has 19 heavy (non-hydrogen) atoms. The highest BCUT2D eigenvalue weighted by molar-refractivity contribution is 5.90. The van der Waals surface area contributed by atoms with Gasteiger partial charge in [-0.1, -0.05) is 12.1 Å². The second-order valence-corrected chi connectivity index (χ2v) is 5.03. The number of urea groups is 1. The van der Waals surface area contributed by atoms with Crippen molar-refractivity contribution in [1.29, 1.82) is 0 Å². The summed E-state index contributed by atoms with van der Waals surface area (Å²) in [6, 6.07) is 5.32. The summed E-state index contributed by atoms with van der Waals surface area (Å²) in [7, 11) is 0. The number of hydrogen-bond donors (Lipinski definition) is 3. The van der Waals surface area contributed by atoms with E-state index in [4.69, 9.17) is 0 Å². The van der Waals surface area contributed by atoms with Gasteiger partial charge in [0.1, 0.15) is 5.82 Å². The Morgan fingerprint density at radius 1 is 1.58 bits per heavy atom. The summed E-state index contributed by atoms with van der Waals surface area (Å²) < 4.78 is 13.5. The van der Waals surface area contributed by atoms with Crippen molar-refractivity contribution in [3.05, 3.63) is 30.1 Å². The average molecular weight is 268 g/mol. The van der Waals surface area contributed by atoms with Gasteiger partial charge in [-0.25, -0.2) is 9.18 Å². The Morgan fingerprint density at radius 2 is 2.26 bits per heavy atom. The summed E-state index contributed by atoms with van der Waals surface area (Å²) in [6.07, 6.45) is -0.378. The van der Waals surface area contributed by atoms with Crippen LogP contribution in [-0.4, -0.2) is 45.9 Å². The number of carbonyl (C=O) groups excluding carboxylic acids is 1. The predicted molar refractivity (Wildman–Crippen MR) is 68.2 cm³/mol. The van der Waals surface area contributed by atoms with Crippen LogP contribution in [0.5, 0.6) is 0 Å². The zero-order valence-electron chi connectivity index (χ0n) is 10.6. The van der Waals surface area contributed by atoms with Crippen molar-refractivity contribution in [2.45, 2.75) is 25.0 Å². The number of hydrogen-bond acceptors (Lipinski definition) is 3. The minimum absolute atomic E-state index is 0.0779. The number of amides is 2. The summed E-state index contributed by atoms with van der Waals surface area (Å²) in [4.78, 5) is 13.5. The average Bonchev–Trinajstić information content (AvgIpc) is 2.68. The molecule has 2 rings (SSSR count). The lowest BCUT2D eigenvalue weighted by Gasteiger charge is -2.33. The van der Waals surface area contributed by atoms with Gasteiger partial charge in [-0.2, -0.15) is 0 Å². The molecule has 1 aromatic carbocycles. The van der Waals surface area contributed by atoms with E-state index in [1.165, 1.54) is 23.1 Å². The second-order valence-electron chi connectivity index (χ2n) is 5.03. The highest BCUT2D eigenvalue weighted by Crippen LogP contribution is 2.29. The van der Waals surface area contributed by atoms with Crippen LogP contribution in [0.25, 0.3) is 0 Å². The van der Waals surface area contributed by atoms with E-state index in [1.54, 1.807) is 13.0 Å². The topological polar surface area (TPSA) is 72.8 Å². The molecule has 5 nitrogen and oxygen atoms in total. The standard InChI is InChI=1S/C13H17FN2O3/c1-13(8-17)6-9(18)7-16(13)12(19)15-11-5-3-2-4-10(11)14/h2-5,9,17-18H,6-8H2,1H3,(H,15,19). The molecule has 1 aliphatic heterocycles. The normalized spacial score (nSPS) is 26.5. The van der Waals surface area contributed by atoms with Crippen molar-refractivity contribution in [2.75, 3.05) is 18.5 Å². The molecule has 2 unspecified atom stereocenters. The number of aliphatic hydroxyl groups is 2. The van der Waals surface area contributed by atoms with E-state index < -0.39 is 23.5 Å². The number of nitrogens with one attached hydrogen (secondary N) is 1. The molecule has 0 saturated carbocycles. The molecule has 0 aliphatic carbocycles. The van der Waals surface area contributed by atoms with E-state index in [9.17, 15) is 19.4 Å². The quantitative estimate of drug-likeness (QED) is 0.754. The highest BCUT2D eigenvalue weighted by atomic mass is 19.1. The lowest BCUT2D eigenvalue weighted by atomic mass is 10.00. The molecule has 6 heteroatoms. The Morgan fingerprint density at radius 3 is 2.89 bits per heavy atom. The maximum Gasteiger partial charge on any atom is 0.322 e. The molecule has 1 aliphatic rings. The Bertz CT molecular complexity index is 483. The number of nitrogens with zero attached hydrogens (tertiary/aromatic N) is 1. The van der Waals surface area contributed by atoms with Crippen LogP contribution in [0.1, 0.15) is 13.3 Å². The molecule has 1 fully saturated rings. The van der Waals surface area contributed by atoms with E-state index in [-0.39, 0.29) is 18.8 Å². The lowest BCUT2D eigenvalue weighted by molar-refractivity contribution is 0.103. The first-order valence-electron chi connectivity index (χ1n) is 6.08. The smallest absolute Gasteiger partial charge is 0.322 e. The molecule has 0 bridgehead atoms. The molecular weight excluding hydrogens is 251 g/mol.